The van der Waals surface area contributed by atoms with Crippen LogP contribution in [-0.2, 0) is 11.8 Å². The van der Waals surface area contributed by atoms with Gasteiger partial charge in [-0.2, -0.15) is 13.2 Å². The van der Waals surface area contributed by atoms with Crippen molar-refractivity contribution in [2.24, 2.45) is 0 Å². The Labute approximate surface area is 174 Å². The number of alkyl halides is 3. The highest BCUT2D eigenvalue weighted by molar-refractivity contribution is 5.80. The smallest absolute Gasteiger partial charge is 0.417 e. The molecule has 162 valence electrons. The van der Waals surface area contributed by atoms with Crippen molar-refractivity contribution in [3.05, 3.63) is 59.9 Å². The van der Waals surface area contributed by atoms with E-state index in [2.05, 4.69) is 9.97 Å². The molecular weight excluding hydrogens is 393 g/mol. The molecule has 2 N–H and O–H groups in total. The van der Waals surface area contributed by atoms with Crippen LogP contribution in [0.4, 0.5) is 13.2 Å². The largest absolute Gasteiger partial charge is 0.475 e. The number of aromatic amines is 1. The average Bonchev–Trinajstić information content (AvgIpc) is 3.01. The first-order chi connectivity index (χ1) is 13.9. The number of nitrogens with zero attached hydrogens (tertiary/aromatic N) is 1. The Morgan fingerprint density at radius 3 is 2.37 bits per heavy atom. The van der Waals surface area contributed by atoms with Crippen molar-refractivity contribution in [2.45, 2.75) is 63.8 Å². The fourth-order valence-corrected chi connectivity index (χ4v) is 3.77. The second-order valence-electron chi connectivity index (χ2n) is 8.70. The number of H-pyrrole nitrogens is 1. The molecule has 2 heterocycles. The lowest BCUT2D eigenvalue weighted by atomic mass is 9.73. The van der Waals surface area contributed by atoms with Crippen LogP contribution in [0.2, 0.25) is 0 Å². The zero-order chi connectivity index (χ0) is 22.2. The van der Waals surface area contributed by atoms with Gasteiger partial charge in [0, 0.05) is 23.6 Å². The van der Waals surface area contributed by atoms with Crippen molar-refractivity contribution < 1.29 is 23.0 Å². The first kappa shape index (κ1) is 22.2. The summed E-state index contributed by atoms with van der Waals surface area (Å²) in [5.41, 5.74) is -2.15. The summed E-state index contributed by atoms with van der Waals surface area (Å²) in [5.74, 6) is 0.402. The lowest BCUT2D eigenvalue weighted by Crippen LogP contribution is -2.50. The van der Waals surface area contributed by atoms with Crippen LogP contribution in [0.3, 0.4) is 0 Å². The van der Waals surface area contributed by atoms with Gasteiger partial charge in [0.05, 0.1) is 17.8 Å². The van der Waals surface area contributed by atoms with Gasteiger partial charge < -0.3 is 14.8 Å². The van der Waals surface area contributed by atoms with Gasteiger partial charge in [-0.3, -0.25) is 0 Å². The van der Waals surface area contributed by atoms with Crippen LogP contribution in [0.1, 0.15) is 45.4 Å². The van der Waals surface area contributed by atoms with E-state index in [1.54, 1.807) is 50.2 Å². The summed E-state index contributed by atoms with van der Waals surface area (Å²) in [7, 11) is 0. The standard InChI is InChI=1S/C23H27F3N2O2/c1-15(2)30-20-11-16-10-18(28-19(16)13-27-20)12-22(29,23(24,25)26)14-21(3,4)17-8-6-5-7-9-17/h5-11,13,15,28-29H,12,14H2,1-4H3. The van der Waals surface area contributed by atoms with Crippen LogP contribution < -0.4 is 4.74 Å². The van der Waals surface area contributed by atoms with Crippen molar-refractivity contribution in [2.75, 3.05) is 0 Å². The van der Waals surface area contributed by atoms with E-state index in [1.807, 2.05) is 19.9 Å². The Balaban J connectivity index is 1.91. The lowest BCUT2D eigenvalue weighted by Gasteiger charge is -2.37. The maximum atomic E-state index is 14.0. The Hall–Kier alpha value is -2.54. The summed E-state index contributed by atoms with van der Waals surface area (Å²) < 4.78 is 47.6. The molecule has 0 aliphatic heterocycles. The van der Waals surface area contributed by atoms with Gasteiger partial charge in [-0.15, -0.1) is 0 Å². The summed E-state index contributed by atoms with van der Waals surface area (Å²) >= 11 is 0. The molecule has 0 amide bonds. The van der Waals surface area contributed by atoms with Crippen molar-refractivity contribution in [3.8, 4) is 5.88 Å². The summed E-state index contributed by atoms with van der Waals surface area (Å²) in [6.07, 6.45) is -4.38. The van der Waals surface area contributed by atoms with Gasteiger partial charge in [-0.1, -0.05) is 44.2 Å². The minimum atomic E-state index is -4.79. The number of pyridine rings is 1. The third kappa shape index (κ3) is 4.78. The molecule has 0 fully saturated rings. The second-order valence-corrected chi connectivity index (χ2v) is 8.70. The van der Waals surface area contributed by atoms with E-state index < -0.39 is 30.0 Å². The number of aliphatic hydroxyl groups is 1. The molecule has 0 aliphatic carbocycles. The van der Waals surface area contributed by atoms with Crippen molar-refractivity contribution in [1.29, 1.82) is 0 Å². The highest BCUT2D eigenvalue weighted by atomic mass is 19.4. The highest BCUT2D eigenvalue weighted by Gasteiger charge is 2.56. The lowest BCUT2D eigenvalue weighted by molar-refractivity contribution is -0.266. The Morgan fingerprint density at radius 2 is 1.77 bits per heavy atom. The fraction of sp³-hybridized carbons (Fsp3) is 0.435. The molecule has 0 spiro atoms. The third-order valence-electron chi connectivity index (χ3n) is 5.19. The number of hydrogen-bond acceptors (Lipinski definition) is 3. The summed E-state index contributed by atoms with van der Waals surface area (Å²) in [6.45, 7) is 7.16. The zero-order valence-electron chi connectivity index (χ0n) is 17.5. The van der Waals surface area contributed by atoms with Gasteiger partial charge in [-0.25, -0.2) is 4.98 Å². The van der Waals surface area contributed by atoms with E-state index in [0.29, 0.717) is 16.8 Å². The number of fused-ring (bicyclic) bond motifs is 1. The van der Waals surface area contributed by atoms with Gasteiger partial charge in [0.25, 0.3) is 0 Å². The molecule has 0 aliphatic rings. The summed E-state index contributed by atoms with van der Waals surface area (Å²) in [6, 6.07) is 12.2. The van der Waals surface area contributed by atoms with Crippen LogP contribution >= 0.6 is 0 Å². The van der Waals surface area contributed by atoms with E-state index in [4.69, 9.17) is 4.74 Å². The second kappa shape index (κ2) is 7.95. The molecule has 4 nitrogen and oxygen atoms in total. The SMILES string of the molecule is CC(C)Oc1cc2cc(CC(O)(CC(C)(C)c3ccccc3)C(F)(F)F)[nH]c2cn1. The summed E-state index contributed by atoms with van der Waals surface area (Å²) in [5, 5.41) is 11.5. The predicted octanol–water partition coefficient (Wildman–Crippen LogP) is 5.55. The molecule has 3 rings (SSSR count). The molecule has 2 aromatic heterocycles. The molecule has 1 atom stereocenters. The molecule has 0 bridgehead atoms. The molecule has 0 saturated heterocycles. The first-order valence-electron chi connectivity index (χ1n) is 9.89. The molecular formula is C23H27F3N2O2. The Bertz CT molecular complexity index is 997. The van der Waals surface area contributed by atoms with E-state index in [9.17, 15) is 18.3 Å². The number of nitrogens with one attached hydrogen (secondary N) is 1. The predicted molar refractivity (Wildman–Crippen MR) is 111 cm³/mol. The number of benzene rings is 1. The van der Waals surface area contributed by atoms with E-state index in [1.165, 1.54) is 6.20 Å². The van der Waals surface area contributed by atoms with Gasteiger partial charge in [0.2, 0.25) is 5.88 Å². The van der Waals surface area contributed by atoms with E-state index >= 15 is 0 Å². The normalized spacial score (nSPS) is 14.8. The summed E-state index contributed by atoms with van der Waals surface area (Å²) in [4.78, 5) is 7.12. The monoisotopic (exact) mass is 420 g/mol. The van der Waals surface area contributed by atoms with Crippen molar-refractivity contribution in [3.63, 3.8) is 0 Å². The number of hydrogen-bond donors (Lipinski definition) is 2. The number of aromatic nitrogens is 2. The third-order valence-corrected chi connectivity index (χ3v) is 5.19. The topological polar surface area (TPSA) is 58.1 Å². The van der Waals surface area contributed by atoms with Gasteiger partial charge >= 0.3 is 6.18 Å². The van der Waals surface area contributed by atoms with E-state index in [0.717, 1.165) is 5.56 Å². The molecule has 1 unspecified atom stereocenters. The van der Waals surface area contributed by atoms with Gasteiger partial charge in [0.1, 0.15) is 0 Å². The number of ether oxygens (including phenoxy) is 1. The molecule has 0 saturated carbocycles. The Kier molecular flexibility index (Phi) is 5.87. The van der Waals surface area contributed by atoms with Crippen LogP contribution in [0.15, 0.2) is 48.7 Å². The molecule has 3 aromatic rings. The minimum absolute atomic E-state index is 0.0658. The maximum absolute atomic E-state index is 14.0. The molecule has 1 aromatic carbocycles. The van der Waals surface area contributed by atoms with Crippen LogP contribution in [0.25, 0.3) is 10.9 Å². The minimum Gasteiger partial charge on any atom is -0.475 e. The number of rotatable bonds is 7. The average molecular weight is 420 g/mol. The van der Waals surface area contributed by atoms with Crippen molar-refractivity contribution >= 4 is 10.9 Å². The zero-order valence-corrected chi connectivity index (χ0v) is 17.5. The molecule has 7 heteroatoms. The molecule has 0 radical (unpaired) electrons. The maximum Gasteiger partial charge on any atom is 0.417 e. The van der Waals surface area contributed by atoms with Gasteiger partial charge in [-0.05, 0) is 37.3 Å². The highest BCUT2D eigenvalue weighted by Crippen LogP contribution is 2.43. The van der Waals surface area contributed by atoms with Gasteiger partial charge in [0.15, 0.2) is 5.60 Å². The quantitative estimate of drug-likeness (QED) is 0.527. The number of halogens is 3. The Morgan fingerprint density at radius 1 is 1.10 bits per heavy atom. The van der Waals surface area contributed by atoms with E-state index in [-0.39, 0.29) is 11.8 Å². The molecule has 30 heavy (non-hydrogen) atoms. The van der Waals surface area contributed by atoms with Crippen LogP contribution in [0.5, 0.6) is 5.88 Å². The first-order valence-corrected chi connectivity index (χ1v) is 9.89. The van der Waals surface area contributed by atoms with Crippen molar-refractivity contribution in [1.82, 2.24) is 9.97 Å². The van der Waals surface area contributed by atoms with Crippen LogP contribution in [-0.4, -0.2) is 33.0 Å². The van der Waals surface area contributed by atoms with Crippen LogP contribution in [0, 0.1) is 0 Å². The fourth-order valence-electron chi connectivity index (χ4n) is 3.77.